The summed E-state index contributed by atoms with van der Waals surface area (Å²) in [5.41, 5.74) is 11.1. The van der Waals surface area contributed by atoms with Crippen LogP contribution in [0.1, 0.15) is 44.9 Å². The molecular formula is C10H24N2O. The van der Waals surface area contributed by atoms with Crippen molar-refractivity contribution < 1.29 is 5.11 Å². The summed E-state index contributed by atoms with van der Waals surface area (Å²) in [6.45, 7) is 1.03. The fourth-order valence-corrected chi connectivity index (χ4v) is 1.39. The first-order valence-electron chi connectivity index (χ1n) is 5.37. The molecule has 0 aromatic carbocycles. The van der Waals surface area contributed by atoms with Crippen molar-refractivity contribution in [2.24, 2.45) is 11.5 Å². The van der Waals surface area contributed by atoms with Crippen LogP contribution in [-0.4, -0.2) is 24.3 Å². The quantitative estimate of drug-likeness (QED) is 0.473. The summed E-state index contributed by atoms with van der Waals surface area (Å²) < 4.78 is 0. The maximum Gasteiger partial charge on any atom is 0.0445 e. The molecule has 0 fully saturated rings. The molecule has 13 heavy (non-hydrogen) atoms. The highest BCUT2D eigenvalue weighted by Gasteiger charge is 2.00. The number of rotatable bonds is 9. The summed E-state index contributed by atoms with van der Waals surface area (Å²) >= 11 is 0. The fourth-order valence-electron chi connectivity index (χ4n) is 1.39. The fraction of sp³-hybridized carbons (Fsp3) is 1.00. The van der Waals surface area contributed by atoms with E-state index in [1.54, 1.807) is 0 Å². The van der Waals surface area contributed by atoms with Gasteiger partial charge in [0.05, 0.1) is 0 Å². The lowest BCUT2D eigenvalue weighted by molar-refractivity contribution is 0.271. The van der Waals surface area contributed by atoms with E-state index >= 15 is 0 Å². The van der Waals surface area contributed by atoms with Gasteiger partial charge in [0, 0.05) is 12.6 Å². The van der Waals surface area contributed by atoms with E-state index in [-0.39, 0.29) is 12.6 Å². The smallest absolute Gasteiger partial charge is 0.0445 e. The van der Waals surface area contributed by atoms with Gasteiger partial charge in [0.25, 0.3) is 0 Å². The van der Waals surface area contributed by atoms with Gasteiger partial charge in [-0.3, -0.25) is 0 Å². The second-order valence-electron chi connectivity index (χ2n) is 3.62. The molecule has 0 amide bonds. The van der Waals surface area contributed by atoms with Gasteiger partial charge in [-0.15, -0.1) is 0 Å². The van der Waals surface area contributed by atoms with Gasteiger partial charge >= 0.3 is 0 Å². The van der Waals surface area contributed by atoms with Crippen LogP contribution in [0.3, 0.4) is 0 Å². The molecule has 0 saturated heterocycles. The monoisotopic (exact) mass is 188 g/mol. The standard InChI is InChI=1S/C10H24N2O/c11-8-5-3-1-2-4-6-10(12)7-9-13/h10,13H,1-9,11-12H2. The number of hydrogen-bond donors (Lipinski definition) is 3. The number of aliphatic hydroxyl groups excluding tert-OH is 1. The number of unbranched alkanes of at least 4 members (excludes halogenated alkanes) is 4. The zero-order valence-corrected chi connectivity index (χ0v) is 8.54. The minimum Gasteiger partial charge on any atom is -0.396 e. The van der Waals surface area contributed by atoms with E-state index < -0.39 is 0 Å². The Morgan fingerprint density at radius 2 is 1.54 bits per heavy atom. The molecule has 3 nitrogen and oxygen atoms in total. The molecule has 0 radical (unpaired) electrons. The van der Waals surface area contributed by atoms with Crippen LogP contribution in [0.25, 0.3) is 0 Å². The van der Waals surface area contributed by atoms with Crippen LogP contribution in [0, 0.1) is 0 Å². The zero-order valence-electron chi connectivity index (χ0n) is 8.54. The van der Waals surface area contributed by atoms with E-state index in [2.05, 4.69) is 0 Å². The molecule has 80 valence electrons. The van der Waals surface area contributed by atoms with Crippen molar-refractivity contribution in [1.82, 2.24) is 0 Å². The Morgan fingerprint density at radius 1 is 0.923 bits per heavy atom. The Morgan fingerprint density at radius 3 is 2.15 bits per heavy atom. The largest absolute Gasteiger partial charge is 0.396 e. The van der Waals surface area contributed by atoms with Gasteiger partial charge in [-0.1, -0.05) is 25.7 Å². The molecule has 1 atom stereocenters. The molecule has 1 unspecified atom stereocenters. The lowest BCUT2D eigenvalue weighted by atomic mass is 10.1. The molecule has 0 aliphatic rings. The predicted octanol–water partition coefficient (Wildman–Crippen LogP) is 0.995. The second-order valence-corrected chi connectivity index (χ2v) is 3.62. The molecule has 5 N–H and O–H groups in total. The normalized spacial score (nSPS) is 13.2. The molecule has 0 saturated carbocycles. The Balaban J connectivity index is 2.97. The molecule has 0 bridgehead atoms. The van der Waals surface area contributed by atoms with Crippen LogP contribution in [0.5, 0.6) is 0 Å². The highest BCUT2D eigenvalue weighted by Crippen LogP contribution is 2.07. The Hall–Kier alpha value is -0.120. The maximum atomic E-state index is 8.62. The Labute approximate surface area is 81.5 Å². The van der Waals surface area contributed by atoms with Gasteiger partial charge in [0.1, 0.15) is 0 Å². The minimum atomic E-state index is 0.194. The average Bonchev–Trinajstić information content (AvgIpc) is 2.11. The van der Waals surface area contributed by atoms with Crippen molar-refractivity contribution in [2.45, 2.75) is 51.0 Å². The van der Waals surface area contributed by atoms with Gasteiger partial charge in [0.2, 0.25) is 0 Å². The highest BCUT2D eigenvalue weighted by molar-refractivity contribution is 4.60. The third-order valence-electron chi connectivity index (χ3n) is 2.28. The van der Waals surface area contributed by atoms with E-state index in [9.17, 15) is 0 Å². The van der Waals surface area contributed by atoms with Gasteiger partial charge in [0.15, 0.2) is 0 Å². The topological polar surface area (TPSA) is 72.3 Å². The summed E-state index contributed by atoms with van der Waals surface area (Å²) in [5, 5.41) is 8.62. The van der Waals surface area contributed by atoms with Gasteiger partial charge in [-0.25, -0.2) is 0 Å². The van der Waals surface area contributed by atoms with E-state index in [1.807, 2.05) is 0 Å². The first-order chi connectivity index (χ1) is 6.31. The molecule has 0 aliphatic heterocycles. The van der Waals surface area contributed by atoms with E-state index in [0.29, 0.717) is 0 Å². The van der Waals surface area contributed by atoms with Crippen LogP contribution in [-0.2, 0) is 0 Å². The van der Waals surface area contributed by atoms with Gasteiger partial charge in [-0.05, 0) is 25.8 Å². The van der Waals surface area contributed by atoms with E-state index in [1.165, 1.54) is 25.7 Å². The summed E-state index contributed by atoms with van der Waals surface area (Å²) in [7, 11) is 0. The average molecular weight is 188 g/mol. The van der Waals surface area contributed by atoms with Crippen LogP contribution in [0.2, 0.25) is 0 Å². The van der Waals surface area contributed by atoms with Crippen molar-refractivity contribution in [3.63, 3.8) is 0 Å². The van der Waals surface area contributed by atoms with Crippen LogP contribution in [0.4, 0.5) is 0 Å². The molecule has 0 rings (SSSR count). The summed E-state index contributed by atoms with van der Waals surface area (Å²) in [6, 6.07) is 0.194. The number of aliphatic hydroxyl groups is 1. The lowest BCUT2D eigenvalue weighted by Gasteiger charge is -2.08. The molecule has 0 heterocycles. The second kappa shape index (κ2) is 9.96. The maximum absolute atomic E-state index is 8.62. The van der Waals surface area contributed by atoms with E-state index in [4.69, 9.17) is 16.6 Å². The summed E-state index contributed by atoms with van der Waals surface area (Å²) in [4.78, 5) is 0. The van der Waals surface area contributed by atoms with Crippen molar-refractivity contribution in [3.05, 3.63) is 0 Å². The highest BCUT2D eigenvalue weighted by atomic mass is 16.3. The summed E-state index contributed by atoms with van der Waals surface area (Å²) in [6.07, 6.45) is 7.87. The zero-order chi connectivity index (χ0) is 9.94. The molecule has 0 aromatic rings. The minimum absolute atomic E-state index is 0.194. The van der Waals surface area contributed by atoms with Crippen molar-refractivity contribution in [3.8, 4) is 0 Å². The Kier molecular flexibility index (Phi) is 9.87. The molecule has 0 aliphatic carbocycles. The van der Waals surface area contributed by atoms with Crippen molar-refractivity contribution >= 4 is 0 Å². The summed E-state index contributed by atoms with van der Waals surface area (Å²) in [5.74, 6) is 0. The predicted molar refractivity (Wildman–Crippen MR) is 56.4 cm³/mol. The van der Waals surface area contributed by atoms with Gasteiger partial charge < -0.3 is 16.6 Å². The lowest BCUT2D eigenvalue weighted by Crippen LogP contribution is -2.20. The molecule has 3 heteroatoms. The van der Waals surface area contributed by atoms with E-state index in [0.717, 1.165) is 25.8 Å². The van der Waals surface area contributed by atoms with Crippen molar-refractivity contribution in [2.75, 3.05) is 13.2 Å². The van der Waals surface area contributed by atoms with Gasteiger partial charge in [-0.2, -0.15) is 0 Å². The molecule has 0 spiro atoms. The molecule has 0 aromatic heterocycles. The first-order valence-corrected chi connectivity index (χ1v) is 5.37. The third kappa shape index (κ3) is 9.80. The third-order valence-corrected chi connectivity index (χ3v) is 2.28. The Bertz CT molecular complexity index is 98.9. The van der Waals surface area contributed by atoms with Crippen LogP contribution < -0.4 is 11.5 Å². The number of nitrogens with two attached hydrogens (primary N) is 2. The SMILES string of the molecule is NCCCCCCCC(N)CCO. The number of hydrogen-bond acceptors (Lipinski definition) is 3. The molecular weight excluding hydrogens is 164 g/mol. The van der Waals surface area contributed by atoms with Crippen LogP contribution in [0.15, 0.2) is 0 Å². The van der Waals surface area contributed by atoms with Crippen LogP contribution >= 0.6 is 0 Å². The first kappa shape index (κ1) is 12.9. The van der Waals surface area contributed by atoms with Crippen molar-refractivity contribution in [1.29, 1.82) is 0 Å².